The molecular formula is C13H17F2NO2. The lowest BCUT2D eigenvalue weighted by Crippen LogP contribution is -2.27. The minimum Gasteiger partial charge on any atom is -0.493 e. The molecule has 0 aliphatic heterocycles. The molecular weight excluding hydrogens is 240 g/mol. The van der Waals surface area contributed by atoms with Gasteiger partial charge in [0, 0.05) is 17.6 Å². The topological polar surface area (TPSA) is 30.5 Å². The zero-order valence-electron chi connectivity index (χ0n) is 10.5. The van der Waals surface area contributed by atoms with E-state index in [1.54, 1.807) is 18.2 Å². The summed E-state index contributed by atoms with van der Waals surface area (Å²) in [6, 6.07) is 5.14. The second-order valence-electron chi connectivity index (χ2n) is 4.74. The van der Waals surface area contributed by atoms with Gasteiger partial charge in [-0.05, 0) is 25.8 Å². The lowest BCUT2D eigenvalue weighted by Gasteiger charge is -2.16. The maximum absolute atomic E-state index is 12.4. The Morgan fingerprint density at radius 3 is 2.67 bits per heavy atom. The fourth-order valence-electron chi connectivity index (χ4n) is 1.76. The Kier molecular flexibility index (Phi) is 3.71. The molecule has 2 rings (SSSR count). The number of nitrogens with one attached hydrogen (secondary N) is 1. The zero-order valence-corrected chi connectivity index (χ0v) is 10.5. The van der Waals surface area contributed by atoms with Crippen molar-refractivity contribution in [3.05, 3.63) is 23.8 Å². The highest BCUT2D eigenvalue weighted by Crippen LogP contribution is 2.37. The second-order valence-corrected chi connectivity index (χ2v) is 4.74. The molecule has 0 saturated heterocycles. The normalized spacial score (nSPS) is 16.7. The number of benzene rings is 1. The molecule has 1 aliphatic rings. The highest BCUT2D eigenvalue weighted by Gasteiger charge is 2.36. The molecule has 1 aromatic carbocycles. The van der Waals surface area contributed by atoms with Crippen LogP contribution in [0.25, 0.3) is 0 Å². The SMILES string of the molecule is COc1cccc(CNC2(C)CC2)c1OC(F)F. The Bertz CT molecular complexity index is 419. The van der Waals surface area contributed by atoms with E-state index in [1.807, 2.05) is 0 Å². The van der Waals surface area contributed by atoms with Crippen LogP contribution in [0.1, 0.15) is 25.3 Å². The minimum absolute atomic E-state index is 0.117. The number of alkyl halides is 2. The van der Waals surface area contributed by atoms with Crippen LogP contribution in [0.15, 0.2) is 18.2 Å². The van der Waals surface area contributed by atoms with Gasteiger partial charge in [0.25, 0.3) is 0 Å². The fourth-order valence-corrected chi connectivity index (χ4v) is 1.76. The fraction of sp³-hybridized carbons (Fsp3) is 0.538. The molecule has 1 saturated carbocycles. The van der Waals surface area contributed by atoms with Gasteiger partial charge < -0.3 is 14.8 Å². The molecule has 5 heteroatoms. The van der Waals surface area contributed by atoms with E-state index in [0.29, 0.717) is 17.9 Å². The van der Waals surface area contributed by atoms with Gasteiger partial charge in [0.05, 0.1) is 7.11 Å². The van der Waals surface area contributed by atoms with Crippen molar-refractivity contribution in [2.24, 2.45) is 0 Å². The van der Waals surface area contributed by atoms with Crippen LogP contribution in [0.5, 0.6) is 11.5 Å². The summed E-state index contributed by atoms with van der Waals surface area (Å²) in [5, 5.41) is 3.33. The standard InChI is InChI=1S/C13H17F2NO2/c1-13(6-7-13)16-8-9-4-3-5-10(17-2)11(9)18-12(14)15/h3-5,12,16H,6-8H2,1-2H3. The summed E-state index contributed by atoms with van der Waals surface area (Å²) < 4.78 is 34.4. The lowest BCUT2D eigenvalue weighted by atomic mass is 10.1. The van der Waals surface area contributed by atoms with Gasteiger partial charge in [0.2, 0.25) is 0 Å². The highest BCUT2D eigenvalue weighted by molar-refractivity contribution is 5.46. The number of hydrogen-bond donors (Lipinski definition) is 1. The van der Waals surface area contributed by atoms with Gasteiger partial charge in [0.1, 0.15) is 0 Å². The van der Waals surface area contributed by atoms with Gasteiger partial charge in [-0.2, -0.15) is 8.78 Å². The van der Waals surface area contributed by atoms with Gasteiger partial charge >= 0.3 is 6.61 Å². The molecule has 100 valence electrons. The van der Waals surface area contributed by atoms with E-state index in [9.17, 15) is 8.78 Å². The quantitative estimate of drug-likeness (QED) is 0.850. The van der Waals surface area contributed by atoms with Crippen molar-refractivity contribution in [3.8, 4) is 11.5 Å². The first-order valence-corrected chi connectivity index (χ1v) is 5.90. The Balaban J connectivity index is 2.15. The Morgan fingerprint density at radius 2 is 2.11 bits per heavy atom. The first-order chi connectivity index (χ1) is 8.54. The zero-order chi connectivity index (χ0) is 13.2. The third-order valence-corrected chi connectivity index (χ3v) is 3.19. The lowest BCUT2D eigenvalue weighted by molar-refractivity contribution is -0.0518. The van der Waals surface area contributed by atoms with Crippen LogP contribution >= 0.6 is 0 Å². The Labute approximate surface area is 105 Å². The van der Waals surface area contributed by atoms with Gasteiger partial charge in [-0.15, -0.1) is 0 Å². The maximum Gasteiger partial charge on any atom is 0.387 e. The van der Waals surface area contributed by atoms with Crippen LogP contribution in [0.3, 0.4) is 0 Å². The van der Waals surface area contributed by atoms with Crippen LogP contribution in [-0.2, 0) is 6.54 Å². The van der Waals surface area contributed by atoms with Gasteiger partial charge in [-0.25, -0.2) is 0 Å². The van der Waals surface area contributed by atoms with Crippen LogP contribution in [0.4, 0.5) is 8.78 Å². The van der Waals surface area contributed by atoms with Crippen molar-refractivity contribution in [1.82, 2.24) is 5.32 Å². The number of para-hydroxylation sites is 1. The molecule has 0 heterocycles. The molecule has 0 bridgehead atoms. The van der Waals surface area contributed by atoms with E-state index in [4.69, 9.17) is 4.74 Å². The van der Waals surface area contributed by atoms with Crippen molar-refractivity contribution in [2.75, 3.05) is 7.11 Å². The third kappa shape index (κ3) is 3.10. The van der Waals surface area contributed by atoms with Crippen LogP contribution in [-0.4, -0.2) is 19.3 Å². The molecule has 0 aromatic heterocycles. The number of rotatable bonds is 6. The number of methoxy groups -OCH3 is 1. The van der Waals surface area contributed by atoms with Gasteiger partial charge in [0.15, 0.2) is 11.5 Å². The Hall–Kier alpha value is -1.36. The monoisotopic (exact) mass is 257 g/mol. The second kappa shape index (κ2) is 5.10. The number of halogens is 2. The van der Waals surface area contributed by atoms with E-state index in [-0.39, 0.29) is 11.3 Å². The van der Waals surface area contributed by atoms with Gasteiger partial charge in [-0.1, -0.05) is 12.1 Å². The van der Waals surface area contributed by atoms with Crippen molar-refractivity contribution < 1.29 is 18.3 Å². The van der Waals surface area contributed by atoms with E-state index in [2.05, 4.69) is 17.0 Å². The average Bonchev–Trinajstić information content (AvgIpc) is 3.06. The maximum atomic E-state index is 12.4. The molecule has 18 heavy (non-hydrogen) atoms. The summed E-state index contributed by atoms with van der Waals surface area (Å²) in [7, 11) is 1.44. The third-order valence-electron chi connectivity index (χ3n) is 3.19. The Morgan fingerprint density at radius 1 is 1.39 bits per heavy atom. The summed E-state index contributed by atoms with van der Waals surface area (Å²) in [6.07, 6.45) is 2.23. The average molecular weight is 257 g/mol. The van der Waals surface area contributed by atoms with E-state index >= 15 is 0 Å². The number of ether oxygens (including phenoxy) is 2. The van der Waals surface area contributed by atoms with Crippen molar-refractivity contribution >= 4 is 0 Å². The molecule has 1 N–H and O–H groups in total. The smallest absolute Gasteiger partial charge is 0.387 e. The molecule has 1 aromatic rings. The summed E-state index contributed by atoms with van der Waals surface area (Å²) in [6.45, 7) is -0.243. The van der Waals surface area contributed by atoms with Crippen molar-refractivity contribution in [1.29, 1.82) is 0 Å². The first kappa shape index (κ1) is 13.1. The molecule has 1 fully saturated rings. The molecule has 3 nitrogen and oxygen atoms in total. The molecule has 0 amide bonds. The van der Waals surface area contributed by atoms with Gasteiger partial charge in [-0.3, -0.25) is 0 Å². The minimum atomic E-state index is -2.85. The highest BCUT2D eigenvalue weighted by atomic mass is 19.3. The predicted octanol–water partition coefficient (Wildman–Crippen LogP) is 2.94. The summed E-state index contributed by atoms with van der Waals surface area (Å²) in [5.74, 6) is 0.447. The number of hydrogen-bond acceptors (Lipinski definition) is 3. The first-order valence-electron chi connectivity index (χ1n) is 5.90. The van der Waals surface area contributed by atoms with Crippen LogP contribution < -0.4 is 14.8 Å². The van der Waals surface area contributed by atoms with Crippen molar-refractivity contribution in [2.45, 2.75) is 38.5 Å². The summed E-state index contributed by atoms with van der Waals surface area (Å²) in [4.78, 5) is 0. The molecule has 1 aliphatic carbocycles. The molecule has 0 unspecified atom stereocenters. The summed E-state index contributed by atoms with van der Waals surface area (Å²) in [5.41, 5.74) is 0.827. The predicted molar refractivity (Wildman–Crippen MR) is 64.1 cm³/mol. The molecule has 0 atom stereocenters. The molecule has 0 spiro atoms. The largest absolute Gasteiger partial charge is 0.493 e. The van der Waals surface area contributed by atoms with E-state index < -0.39 is 6.61 Å². The van der Waals surface area contributed by atoms with Crippen LogP contribution in [0, 0.1) is 0 Å². The van der Waals surface area contributed by atoms with Crippen LogP contribution in [0.2, 0.25) is 0 Å². The summed E-state index contributed by atoms with van der Waals surface area (Å²) >= 11 is 0. The van der Waals surface area contributed by atoms with E-state index in [0.717, 1.165) is 12.8 Å². The molecule has 0 radical (unpaired) electrons. The van der Waals surface area contributed by atoms with Crippen molar-refractivity contribution in [3.63, 3.8) is 0 Å². The van der Waals surface area contributed by atoms with E-state index in [1.165, 1.54) is 7.11 Å².